The molecule has 0 spiro atoms. The van der Waals surface area contributed by atoms with Gasteiger partial charge in [-0.1, -0.05) is 0 Å². The highest BCUT2D eigenvalue weighted by atomic mass is 19.1. The van der Waals surface area contributed by atoms with Crippen molar-refractivity contribution in [2.75, 3.05) is 7.11 Å². The summed E-state index contributed by atoms with van der Waals surface area (Å²) in [5.41, 5.74) is 0.0842. The molecule has 1 aliphatic carbocycles. The van der Waals surface area contributed by atoms with Gasteiger partial charge < -0.3 is 10.1 Å². The number of piperidine rings is 1. The molecule has 1 unspecified atom stereocenters. The second kappa shape index (κ2) is 5.85. The van der Waals surface area contributed by atoms with Gasteiger partial charge in [0.15, 0.2) is 0 Å². The van der Waals surface area contributed by atoms with Crippen molar-refractivity contribution in [2.45, 2.75) is 31.7 Å². The van der Waals surface area contributed by atoms with Gasteiger partial charge in [-0.15, -0.1) is 0 Å². The molecule has 0 aromatic rings. The third kappa shape index (κ3) is 3.04. The van der Waals surface area contributed by atoms with Crippen LogP contribution in [0.1, 0.15) is 25.7 Å². The molecule has 0 saturated carbocycles. The van der Waals surface area contributed by atoms with Crippen molar-refractivity contribution in [1.82, 2.24) is 10.6 Å². The zero-order valence-electron chi connectivity index (χ0n) is 11.0. The van der Waals surface area contributed by atoms with Gasteiger partial charge in [0.2, 0.25) is 11.8 Å². The predicted molar refractivity (Wildman–Crippen MR) is 66.8 cm³/mol. The van der Waals surface area contributed by atoms with Gasteiger partial charge in [0.1, 0.15) is 17.6 Å². The van der Waals surface area contributed by atoms with Gasteiger partial charge in [-0.3, -0.25) is 19.7 Å². The fourth-order valence-corrected chi connectivity index (χ4v) is 2.15. The number of imide groups is 1. The molecule has 0 radical (unpaired) electrons. The summed E-state index contributed by atoms with van der Waals surface area (Å²) in [5.74, 6) is -1.50. The van der Waals surface area contributed by atoms with E-state index in [0.717, 1.165) is 6.08 Å². The first-order valence-corrected chi connectivity index (χ1v) is 6.29. The fourth-order valence-electron chi connectivity index (χ4n) is 2.15. The van der Waals surface area contributed by atoms with E-state index < -0.39 is 23.7 Å². The highest BCUT2D eigenvalue weighted by molar-refractivity contribution is 6.04. The monoisotopic (exact) mass is 282 g/mol. The quantitative estimate of drug-likeness (QED) is 0.736. The maximum absolute atomic E-state index is 13.3. The molecule has 1 fully saturated rings. The van der Waals surface area contributed by atoms with Crippen molar-refractivity contribution in [1.29, 1.82) is 0 Å². The van der Waals surface area contributed by atoms with Crippen LogP contribution in [0.2, 0.25) is 0 Å². The number of rotatable bonds is 3. The summed E-state index contributed by atoms with van der Waals surface area (Å²) in [6.07, 6.45) is 2.01. The standard InChI is InChI=1S/C13H15FN2O4/c1-20-10-4-2-7(14)6-8(10)12(18)15-9-3-5-11(17)16-13(9)19/h6,9H,2-5H2,1H3,(H,15,18)(H,16,17,19). The third-order valence-corrected chi connectivity index (χ3v) is 3.23. The molecule has 108 valence electrons. The highest BCUT2D eigenvalue weighted by Gasteiger charge is 2.29. The van der Waals surface area contributed by atoms with Gasteiger partial charge in [-0.05, 0) is 12.5 Å². The Bertz CT molecular complexity index is 524. The second-order valence-electron chi connectivity index (χ2n) is 4.61. The molecule has 1 aliphatic heterocycles. The molecule has 7 heteroatoms. The molecule has 2 aliphatic rings. The molecule has 1 heterocycles. The Hall–Kier alpha value is -2.18. The first-order chi connectivity index (χ1) is 9.51. The zero-order valence-corrected chi connectivity index (χ0v) is 11.0. The molecule has 6 nitrogen and oxygen atoms in total. The van der Waals surface area contributed by atoms with E-state index in [2.05, 4.69) is 10.6 Å². The molecule has 20 heavy (non-hydrogen) atoms. The first-order valence-electron chi connectivity index (χ1n) is 6.29. The van der Waals surface area contributed by atoms with E-state index in [9.17, 15) is 18.8 Å². The van der Waals surface area contributed by atoms with Crippen molar-refractivity contribution >= 4 is 17.7 Å². The van der Waals surface area contributed by atoms with E-state index in [1.54, 1.807) is 0 Å². The normalized spacial score (nSPS) is 23.1. The summed E-state index contributed by atoms with van der Waals surface area (Å²) < 4.78 is 18.3. The molecular weight excluding hydrogens is 267 g/mol. The van der Waals surface area contributed by atoms with Gasteiger partial charge in [0, 0.05) is 19.3 Å². The molecule has 2 N–H and O–H groups in total. The maximum Gasteiger partial charge on any atom is 0.255 e. The number of ether oxygens (including phenoxy) is 1. The number of allylic oxidation sites excluding steroid dienone is 2. The Labute approximate surface area is 115 Å². The van der Waals surface area contributed by atoms with Gasteiger partial charge >= 0.3 is 0 Å². The highest BCUT2D eigenvalue weighted by Crippen LogP contribution is 2.25. The zero-order chi connectivity index (χ0) is 14.7. The van der Waals surface area contributed by atoms with Crippen LogP contribution in [-0.2, 0) is 19.1 Å². The lowest BCUT2D eigenvalue weighted by molar-refractivity contribution is -0.136. The molecular formula is C13H15FN2O4. The summed E-state index contributed by atoms with van der Waals surface area (Å²) in [6, 6.07) is -0.788. The van der Waals surface area contributed by atoms with E-state index >= 15 is 0 Å². The number of hydrogen-bond acceptors (Lipinski definition) is 4. The first kappa shape index (κ1) is 14.2. The Morgan fingerprint density at radius 2 is 2.15 bits per heavy atom. The van der Waals surface area contributed by atoms with Crippen LogP contribution in [0.3, 0.4) is 0 Å². The van der Waals surface area contributed by atoms with Crippen molar-refractivity contribution in [3.05, 3.63) is 23.2 Å². The minimum atomic E-state index is -0.788. The number of halogens is 1. The van der Waals surface area contributed by atoms with Crippen molar-refractivity contribution in [3.8, 4) is 0 Å². The number of carbonyl (C=O) groups excluding carboxylic acids is 3. The summed E-state index contributed by atoms with van der Waals surface area (Å²) in [5, 5.41) is 4.63. The molecule has 0 aromatic heterocycles. The molecule has 1 saturated heterocycles. The number of hydrogen-bond donors (Lipinski definition) is 2. The number of carbonyl (C=O) groups is 3. The van der Waals surface area contributed by atoms with Crippen LogP contribution in [0.5, 0.6) is 0 Å². The summed E-state index contributed by atoms with van der Waals surface area (Å²) in [7, 11) is 1.41. The van der Waals surface area contributed by atoms with Crippen molar-refractivity contribution in [2.24, 2.45) is 0 Å². The minimum Gasteiger partial charge on any atom is -0.500 e. The van der Waals surface area contributed by atoms with Crippen LogP contribution in [0.15, 0.2) is 23.2 Å². The summed E-state index contributed by atoms with van der Waals surface area (Å²) in [4.78, 5) is 34.7. The van der Waals surface area contributed by atoms with Crippen LogP contribution in [0.25, 0.3) is 0 Å². The molecule has 0 bridgehead atoms. The molecule has 1 atom stereocenters. The average molecular weight is 282 g/mol. The van der Waals surface area contributed by atoms with Crippen LogP contribution >= 0.6 is 0 Å². The van der Waals surface area contributed by atoms with E-state index in [1.807, 2.05) is 0 Å². The number of nitrogens with one attached hydrogen (secondary N) is 2. The SMILES string of the molecule is COC1=C(C(=O)NC2CCC(=O)NC2=O)C=C(F)CC1. The van der Waals surface area contributed by atoms with Gasteiger partial charge in [0.25, 0.3) is 5.91 Å². The number of methoxy groups -OCH3 is 1. The van der Waals surface area contributed by atoms with Gasteiger partial charge in [-0.2, -0.15) is 0 Å². The summed E-state index contributed by atoms with van der Waals surface area (Å²) in [6.45, 7) is 0. The van der Waals surface area contributed by atoms with Gasteiger partial charge in [-0.25, -0.2) is 4.39 Å². The van der Waals surface area contributed by atoms with Crippen molar-refractivity contribution < 1.29 is 23.5 Å². The second-order valence-corrected chi connectivity index (χ2v) is 4.61. The number of amides is 3. The summed E-state index contributed by atoms with van der Waals surface area (Å²) >= 11 is 0. The Balaban J connectivity index is 2.09. The van der Waals surface area contributed by atoms with Crippen LogP contribution < -0.4 is 10.6 Å². The topological polar surface area (TPSA) is 84.5 Å². The van der Waals surface area contributed by atoms with Crippen molar-refractivity contribution in [3.63, 3.8) is 0 Å². The van der Waals surface area contributed by atoms with E-state index in [0.29, 0.717) is 12.2 Å². The fraction of sp³-hybridized carbons (Fsp3) is 0.462. The molecule has 0 aromatic carbocycles. The lowest BCUT2D eigenvalue weighted by Crippen LogP contribution is -2.52. The largest absolute Gasteiger partial charge is 0.500 e. The molecule has 3 amide bonds. The van der Waals surface area contributed by atoms with Crippen LogP contribution in [-0.4, -0.2) is 30.9 Å². The van der Waals surface area contributed by atoms with E-state index in [-0.39, 0.29) is 30.7 Å². The predicted octanol–water partition coefficient (Wildman–Crippen LogP) is 0.455. The Morgan fingerprint density at radius 3 is 2.80 bits per heavy atom. The third-order valence-electron chi connectivity index (χ3n) is 3.23. The lowest BCUT2D eigenvalue weighted by atomic mass is 10.0. The average Bonchev–Trinajstić information content (AvgIpc) is 2.41. The minimum absolute atomic E-state index is 0.0842. The Kier molecular flexibility index (Phi) is 4.16. The van der Waals surface area contributed by atoms with Gasteiger partial charge in [0.05, 0.1) is 12.7 Å². The van der Waals surface area contributed by atoms with E-state index in [4.69, 9.17) is 4.74 Å². The smallest absolute Gasteiger partial charge is 0.255 e. The molecule has 2 rings (SSSR count). The van der Waals surface area contributed by atoms with E-state index in [1.165, 1.54) is 7.11 Å². The van der Waals surface area contributed by atoms with Crippen LogP contribution in [0.4, 0.5) is 4.39 Å². The maximum atomic E-state index is 13.3. The Morgan fingerprint density at radius 1 is 1.40 bits per heavy atom. The lowest BCUT2D eigenvalue weighted by Gasteiger charge is -2.23. The van der Waals surface area contributed by atoms with Crippen LogP contribution in [0, 0.1) is 0 Å².